The van der Waals surface area contributed by atoms with E-state index in [-0.39, 0.29) is 34.2 Å². The molecule has 1 fully saturated rings. The maximum atomic E-state index is 13.8. The smallest absolute Gasteiger partial charge is 0.319 e. The molecule has 1 aliphatic carbocycles. The van der Waals surface area contributed by atoms with Crippen molar-refractivity contribution < 1.29 is 14.0 Å². The maximum absolute atomic E-state index is 13.8. The fourth-order valence-corrected chi connectivity index (χ4v) is 7.84. The summed E-state index contributed by atoms with van der Waals surface area (Å²) in [6, 6.07) is 18.2. The molecule has 3 atom stereocenters. The first-order chi connectivity index (χ1) is 23.4. The fraction of sp³-hybridized carbons (Fsp3) is 0.525. The van der Waals surface area contributed by atoms with E-state index in [1.165, 1.54) is 0 Å². The highest BCUT2D eigenvalue weighted by molar-refractivity contribution is 6.31. The maximum Gasteiger partial charge on any atom is 0.319 e. The fourth-order valence-electron chi connectivity index (χ4n) is 7.17. The molecular formula is C40H54N6O3Si. The van der Waals surface area contributed by atoms with Crippen LogP contribution in [0.25, 0.3) is 5.65 Å². The van der Waals surface area contributed by atoms with Crippen molar-refractivity contribution in [1.82, 2.24) is 24.8 Å². The van der Waals surface area contributed by atoms with E-state index in [1.807, 2.05) is 30.5 Å². The molecule has 2 aromatic heterocycles. The lowest BCUT2D eigenvalue weighted by Gasteiger charge is -2.34. The number of benzene rings is 2. The molecule has 9 nitrogen and oxygen atoms in total. The lowest BCUT2D eigenvalue weighted by molar-refractivity contribution is 0.110. The normalized spacial score (nSPS) is 21.6. The molecule has 2 aliphatic rings. The number of carbonyl (C=O) groups is 1. The largest absolute Gasteiger partial charge is 0.484 e. The lowest BCUT2D eigenvalue weighted by Crippen LogP contribution is -2.37. The standard InChI is InChI=1S/C40H54N6O3Si/c1-37(2,3)26-16-18-30(39(7,8)49-50-38(4,5)6)32(24-26)42-36(47)41-31-19-20-33(29-15-12-11-14-28(29)31)48-27-17-21-34-43-44-35(46(34)25-27)40(9)22-13-23-45(40)10/h11-12,14-18,21,24-25,31,33H,13,19-20,22-23H2,1-10H3,(H2,41,42,47)/t31-,33+,40-/m0/s1. The average Bonchev–Trinajstić information content (AvgIpc) is 3.63. The molecule has 1 saturated heterocycles. The lowest BCUT2D eigenvalue weighted by atomic mass is 9.84. The highest BCUT2D eigenvalue weighted by atomic mass is 28.2. The number of aromatic nitrogens is 3. The second-order valence-corrected chi connectivity index (χ2v) is 18.8. The number of carbonyl (C=O) groups excluding carboxylic acids is 1. The van der Waals surface area contributed by atoms with Crippen LogP contribution in [-0.4, -0.2) is 48.9 Å². The van der Waals surface area contributed by atoms with Crippen molar-refractivity contribution in [2.24, 2.45) is 0 Å². The number of rotatable bonds is 8. The van der Waals surface area contributed by atoms with E-state index in [9.17, 15) is 4.79 Å². The van der Waals surface area contributed by atoms with Gasteiger partial charge in [-0.15, -0.1) is 10.2 Å². The second-order valence-electron chi connectivity index (χ2n) is 16.9. The quantitative estimate of drug-likeness (QED) is 0.179. The molecule has 1 aliphatic heterocycles. The van der Waals surface area contributed by atoms with Crippen LogP contribution in [-0.2, 0) is 21.0 Å². The Bertz CT molecular complexity index is 1860. The summed E-state index contributed by atoms with van der Waals surface area (Å²) in [5.41, 5.74) is 5.01. The number of anilines is 1. The summed E-state index contributed by atoms with van der Waals surface area (Å²) < 4.78 is 15.3. The van der Waals surface area contributed by atoms with Crippen molar-refractivity contribution >= 4 is 27.1 Å². The van der Waals surface area contributed by atoms with Crippen LogP contribution in [0.2, 0.25) is 5.04 Å². The molecule has 2 aromatic carbocycles. The third-order valence-electron chi connectivity index (χ3n) is 10.3. The Hall–Kier alpha value is -3.73. The van der Waals surface area contributed by atoms with E-state index >= 15 is 0 Å². The third kappa shape index (κ3) is 7.48. The van der Waals surface area contributed by atoms with Gasteiger partial charge in [-0.25, -0.2) is 4.79 Å². The minimum atomic E-state index is -0.589. The summed E-state index contributed by atoms with van der Waals surface area (Å²) in [7, 11) is 2.47. The Morgan fingerprint density at radius 1 is 0.960 bits per heavy atom. The van der Waals surface area contributed by atoms with Gasteiger partial charge in [0.2, 0.25) is 9.76 Å². The molecule has 0 saturated carbocycles. The third-order valence-corrected chi connectivity index (χ3v) is 11.5. The molecule has 2 radical (unpaired) electrons. The van der Waals surface area contributed by atoms with Crippen LogP contribution in [0.4, 0.5) is 10.5 Å². The van der Waals surface area contributed by atoms with Gasteiger partial charge >= 0.3 is 6.03 Å². The summed E-state index contributed by atoms with van der Waals surface area (Å²) in [4.78, 5) is 16.2. The summed E-state index contributed by atoms with van der Waals surface area (Å²) in [5, 5.41) is 15.6. The predicted molar refractivity (Wildman–Crippen MR) is 201 cm³/mol. The van der Waals surface area contributed by atoms with Crippen LogP contribution in [0.5, 0.6) is 5.75 Å². The van der Waals surface area contributed by atoms with E-state index in [1.54, 1.807) is 0 Å². The van der Waals surface area contributed by atoms with Gasteiger partial charge in [0, 0.05) is 11.3 Å². The van der Waals surface area contributed by atoms with Crippen LogP contribution in [0.3, 0.4) is 0 Å². The molecule has 0 bridgehead atoms. The summed E-state index contributed by atoms with van der Waals surface area (Å²) >= 11 is 0. The summed E-state index contributed by atoms with van der Waals surface area (Å²) in [6.45, 7) is 20.5. The molecule has 2 amide bonds. The first kappa shape index (κ1) is 36.1. The van der Waals surface area contributed by atoms with Crippen LogP contribution in [0.15, 0.2) is 60.8 Å². The Labute approximate surface area is 300 Å². The predicted octanol–water partition coefficient (Wildman–Crippen LogP) is 8.83. The number of likely N-dealkylation sites (tertiary alicyclic amines) is 1. The van der Waals surface area contributed by atoms with Gasteiger partial charge in [-0.1, -0.05) is 77.9 Å². The number of nitrogens with zero attached hydrogens (tertiary/aromatic N) is 4. The molecule has 10 heteroatoms. The number of ether oxygens (including phenoxy) is 1. The van der Waals surface area contributed by atoms with Gasteiger partial charge in [0.25, 0.3) is 0 Å². The van der Waals surface area contributed by atoms with E-state index in [4.69, 9.17) is 9.16 Å². The second kappa shape index (κ2) is 13.4. The molecule has 6 rings (SSSR count). The number of hydrogen-bond donors (Lipinski definition) is 2. The van der Waals surface area contributed by atoms with Gasteiger partial charge in [-0.05, 0) is 105 Å². The van der Waals surface area contributed by atoms with Crippen molar-refractivity contribution in [3.63, 3.8) is 0 Å². The Balaban J connectivity index is 1.21. The number of urea groups is 1. The van der Waals surface area contributed by atoms with E-state index < -0.39 is 5.60 Å². The topological polar surface area (TPSA) is 93.0 Å². The van der Waals surface area contributed by atoms with Crippen LogP contribution in [0, 0.1) is 0 Å². The molecule has 0 spiro atoms. The van der Waals surface area contributed by atoms with Crippen molar-refractivity contribution in [2.45, 2.75) is 122 Å². The SMILES string of the molecule is CN1CCC[C@@]1(C)c1nnc2ccc(O[C@@H]3CC[C@H](NC(=O)Nc4cc(C(C)(C)C)ccc4C(C)(C)O[Si]C(C)(C)C)c4ccccc43)cn12. The average molecular weight is 695 g/mol. The van der Waals surface area contributed by atoms with Crippen molar-refractivity contribution in [2.75, 3.05) is 18.9 Å². The number of amides is 2. The molecule has 4 aromatic rings. The molecule has 2 N–H and O–H groups in total. The van der Waals surface area contributed by atoms with Crippen molar-refractivity contribution in [3.05, 3.63) is 88.9 Å². The zero-order valence-electron chi connectivity index (χ0n) is 31.5. The van der Waals surface area contributed by atoms with Gasteiger partial charge < -0.3 is 19.8 Å². The Morgan fingerprint density at radius 2 is 1.70 bits per heavy atom. The van der Waals surface area contributed by atoms with Crippen LogP contribution >= 0.6 is 0 Å². The Morgan fingerprint density at radius 3 is 2.38 bits per heavy atom. The molecule has 50 heavy (non-hydrogen) atoms. The first-order valence-electron chi connectivity index (χ1n) is 17.9. The summed E-state index contributed by atoms with van der Waals surface area (Å²) in [6.07, 6.45) is 5.56. The van der Waals surface area contributed by atoms with Gasteiger partial charge in [-0.2, -0.15) is 0 Å². The van der Waals surface area contributed by atoms with Gasteiger partial charge in [0.15, 0.2) is 11.5 Å². The molecule has 0 unspecified atom stereocenters. The highest BCUT2D eigenvalue weighted by Crippen LogP contribution is 2.41. The van der Waals surface area contributed by atoms with Gasteiger partial charge in [-0.3, -0.25) is 9.30 Å². The Kier molecular flexibility index (Phi) is 9.69. The minimum Gasteiger partial charge on any atom is -0.484 e. The van der Waals surface area contributed by atoms with Gasteiger partial charge in [0.05, 0.1) is 23.4 Å². The highest BCUT2D eigenvalue weighted by Gasteiger charge is 2.40. The zero-order chi connectivity index (χ0) is 36.1. The number of hydrogen-bond acceptors (Lipinski definition) is 6. The monoisotopic (exact) mass is 694 g/mol. The van der Waals surface area contributed by atoms with Crippen LogP contribution in [0.1, 0.15) is 128 Å². The van der Waals surface area contributed by atoms with Crippen molar-refractivity contribution in [3.8, 4) is 5.75 Å². The molecule has 266 valence electrons. The molecule has 3 heterocycles. The zero-order valence-corrected chi connectivity index (χ0v) is 32.5. The van der Waals surface area contributed by atoms with Crippen molar-refractivity contribution in [1.29, 1.82) is 0 Å². The summed E-state index contributed by atoms with van der Waals surface area (Å²) in [5.74, 6) is 1.72. The number of pyridine rings is 1. The number of nitrogens with one attached hydrogen (secondary N) is 2. The minimum absolute atomic E-state index is 0.0424. The van der Waals surface area contributed by atoms with E-state index in [2.05, 4.69) is 130 Å². The molecular weight excluding hydrogens is 641 g/mol. The first-order valence-corrected chi connectivity index (χ1v) is 18.9. The number of fused-ring (bicyclic) bond motifs is 2. The van der Waals surface area contributed by atoms with Gasteiger partial charge in [0.1, 0.15) is 11.9 Å². The van der Waals surface area contributed by atoms with Crippen LogP contribution < -0.4 is 15.4 Å². The van der Waals surface area contributed by atoms with E-state index in [0.717, 1.165) is 77.4 Å². The van der Waals surface area contributed by atoms with E-state index in [0.29, 0.717) is 9.76 Å².